The first-order chi connectivity index (χ1) is 4.36. The van der Waals surface area contributed by atoms with Gasteiger partial charge in [-0.05, 0) is 6.92 Å². The van der Waals surface area contributed by atoms with Gasteiger partial charge in [-0.1, -0.05) is 0 Å². The number of rotatable bonds is 2. The third kappa shape index (κ3) is 2.72. The Morgan fingerprint density at radius 1 is 1.60 bits per heavy atom. The average molecular weight is 163 g/mol. The molecule has 0 heterocycles. The molecule has 1 unspecified atom stereocenters. The highest BCUT2D eigenvalue weighted by molar-refractivity contribution is 7.82. The van der Waals surface area contributed by atoms with Gasteiger partial charge in [-0.2, -0.15) is 0 Å². The summed E-state index contributed by atoms with van der Waals surface area (Å²) < 4.78 is 0. The molecule has 58 valence electrons. The highest BCUT2D eigenvalue weighted by atomic mass is 32.1. The number of carbonyl (C=O) groups is 2. The van der Waals surface area contributed by atoms with Gasteiger partial charge in [0.15, 0.2) is 4.87 Å². The zero-order valence-electron chi connectivity index (χ0n) is 5.71. The van der Waals surface area contributed by atoms with Crippen molar-refractivity contribution in [2.24, 2.45) is 0 Å². The monoisotopic (exact) mass is 163 g/mol. The summed E-state index contributed by atoms with van der Waals surface area (Å²) in [7, 11) is 0. The van der Waals surface area contributed by atoms with Gasteiger partial charge in [-0.25, -0.2) is 4.79 Å². The van der Waals surface area contributed by atoms with Crippen molar-refractivity contribution in [3.05, 3.63) is 0 Å². The lowest BCUT2D eigenvalue weighted by Crippen LogP contribution is -2.46. The van der Waals surface area contributed by atoms with Gasteiger partial charge < -0.3 is 10.4 Å². The van der Waals surface area contributed by atoms with Crippen molar-refractivity contribution < 1.29 is 14.7 Å². The number of amides is 1. The highest BCUT2D eigenvalue weighted by Crippen LogP contribution is 2.07. The van der Waals surface area contributed by atoms with E-state index in [2.05, 4.69) is 17.9 Å². The minimum absolute atomic E-state index is 0.417. The number of hydrogen-bond acceptors (Lipinski definition) is 3. The minimum Gasteiger partial charge on any atom is -0.479 e. The van der Waals surface area contributed by atoms with Crippen molar-refractivity contribution in [2.45, 2.75) is 18.7 Å². The number of carboxylic acid groups (broad SMARTS) is 1. The fourth-order valence-electron chi connectivity index (χ4n) is 0.396. The van der Waals surface area contributed by atoms with Gasteiger partial charge in [-0.3, -0.25) is 4.79 Å². The predicted octanol–water partition coefficient (Wildman–Crippen LogP) is -0.147. The van der Waals surface area contributed by atoms with Gasteiger partial charge in [0, 0.05) is 6.92 Å². The van der Waals surface area contributed by atoms with E-state index in [9.17, 15) is 9.59 Å². The van der Waals surface area contributed by atoms with E-state index in [1.54, 1.807) is 0 Å². The zero-order chi connectivity index (χ0) is 8.36. The summed E-state index contributed by atoms with van der Waals surface area (Å²) in [5.74, 6) is -1.59. The maximum Gasteiger partial charge on any atom is 0.339 e. The summed E-state index contributed by atoms with van der Waals surface area (Å²) in [6.07, 6.45) is 0. The lowest BCUT2D eigenvalue weighted by Gasteiger charge is -2.18. The molecule has 0 saturated carbocycles. The highest BCUT2D eigenvalue weighted by Gasteiger charge is 2.28. The maximum atomic E-state index is 10.3. The zero-order valence-corrected chi connectivity index (χ0v) is 6.61. The molecule has 0 aliphatic rings. The standard InChI is InChI=1S/C5H9NO3S/c1-3(7)6-5(2,10)4(8)9/h10H,1-2H3,(H,6,7)(H,8,9). The molecule has 0 spiro atoms. The number of thiol groups is 1. The Bertz CT molecular complexity index is 166. The van der Waals surface area contributed by atoms with Crippen molar-refractivity contribution in [1.82, 2.24) is 5.32 Å². The topological polar surface area (TPSA) is 66.4 Å². The SMILES string of the molecule is CC(=O)NC(C)(S)C(=O)O. The van der Waals surface area contributed by atoms with E-state index in [4.69, 9.17) is 5.11 Å². The predicted molar refractivity (Wildman–Crippen MR) is 38.8 cm³/mol. The van der Waals surface area contributed by atoms with E-state index >= 15 is 0 Å². The summed E-state index contributed by atoms with van der Waals surface area (Å²) in [4.78, 5) is 19.1. The van der Waals surface area contributed by atoms with Crippen LogP contribution in [0.25, 0.3) is 0 Å². The Hall–Kier alpha value is -0.710. The summed E-state index contributed by atoms with van der Waals surface area (Å²) >= 11 is 3.69. The normalized spacial score (nSPS) is 15.5. The van der Waals surface area contributed by atoms with Gasteiger partial charge in [0.25, 0.3) is 0 Å². The Morgan fingerprint density at radius 2 is 2.00 bits per heavy atom. The molecule has 0 fully saturated rings. The van der Waals surface area contributed by atoms with E-state index in [0.29, 0.717) is 0 Å². The number of aliphatic carboxylic acids is 1. The molecular formula is C5H9NO3S. The smallest absolute Gasteiger partial charge is 0.339 e. The lowest BCUT2D eigenvalue weighted by molar-refractivity contribution is -0.142. The van der Waals surface area contributed by atoms with Crippen LogP contribution in [0.3, 0.4) is 0 Å². The molecule has 0 saturated heterocycles. The van der Waals surface area contributed by atoms with Crippen LogP contribution in [-0.2, 0) is 9.59 Å². The van der Waals surface area contributed by atoms with Crippen LogP contribution in [0.4, 0.5) is 0 Å². The number of carbonyl (C=O) groups excluding carboxylic acids is 1. The molecule has 1 atom stereocenters. The average Bonchev–Trinajstić information content (AvgIpc) is 1.60. The first-order valence-corrected chi connectivity index (χ1v) is 3.05. The molecule has 0 aliphatic heterocycles. The Labute approximate surface area is 64.0 Å². The fraction of sp³-hybridized carbons (Fsp3) is 0.600. The van der Waals surface area contributed by atoms with Crippen LogP contribution < -0.4 is 5.32 Å². The van der Waals surface area contributed by atoms with Gasteiger partial charge >= 0.3 is 5.97 Å². The van der Waals surface area contributed by atoms with Crippen molar-refractivity contribution in [1.29, 1.82) is 0 Å². The molecule has 2 N–H and O–H groups in total. The van der Waals surface area contributed by atoms with Crippen molar-refractivity contribution in [2.75, 3.05) is 0 Å². The molecule has 0 rings (SSSR count). The number of nitrogens with one attached hydrogen (secondary N) is 1. The second-order valence-corrected chi connectivity index (χ2v) is 2.95. The van der Waals surface area contributed by atoms with Crippen molar-refractivity contribution in [3.8, 4) is 0 Å². The van der Waals surface area contributed by atoms with Crippen LogP contribution in [0, 0.1) is 0 Å². The van der Waals surface area contributed by atoms with E-state index < -0.39 is 16.7 Å². The second kappa shape index (κ2) is 2.92. The number of carboxylic acids is 1. The summed E-state index contributed by atoms with van der Waals surface area (Å²) in [5.41, 5.74) is 0. The molecule has 0 aromatic rings. The van der Waals surface area contributed by atoms with Crippen LogP contribution in [-0.4, -0.2) is 21.9 Å². The van der Waals surface area contributed by atoms with E-state index in [1.807, 2.05) is 0 Å². The third-order valence-corrected chi connectivity index (χ3v) is 1.14. The van der Waals surface area contributed by atoms with Crippen molar-refractivity contribution >= 4 is 24.5 Å². The van der Waals surface area contributed by atoms with Gasteiger partial charge in [0.1, 0.15) is 0 Å². The second-order valence-electron chi connectivity index (χ2n) is 2.06. The molecular weight excluding hydrogens is 154 g/mol. The first kappa shape index (κ1) is 9.29. The molecule has 0 aromatic heterocycles. The fourth-order valence-corrected chi connectivity index (χ4v) is 0.554. The van der Waals surface area contributed by atoms with E-state index in [0.717, 1.165) is 0 Å². The molecule has 10 heavy (non-hydrogen) atoms. The summed E-state index contributed by atoms with van der Waals surface area (Å²) in [5, 5.41) is 10.5. The van der Waals surface area contributed by atoms with E-state index in [-0.39, 0.29) is 0 Å². The van der Waals surface area contributed by atoms with E-state index in [1.165, 1.54) is 13.8 Å². The largest absolute Gasteiger partial charge is 0.479 e. The van der Waals surface area contributed by atoms with Crippen LogP contribution >= 0.6 is 12.6 Å². The molecule has 0 radical (unpaired) electrons. The molecule has 0 aromatic carbocycles. The first-order valence-electron chi connectivity index (χ1n) is 2.61. The summed E-state index contributed by atoms with van der Waals surface area (Å²) in [6, 6.07) is 0. The molecule has 5 heteroatoms. The quantitative estimate of drug-likeness (QED) is 0.392. The molecule has 1 amide bonds. The molecule has 0 aliphatic carbocycles. The Balaban J connectivity index is 4.13. The van der Waals surface area contributed by atoms with Gasteiger partial charge in [0.05, 0.1) is 0 Å². The number of hydrogen-bond donors (Lipinski definition) is 3. The van der Waals surface area contributed by atoms with Crippen molar-refractivity contribution in [3.63, 3.8) is 0 Å². The van der Waals surface area contributed by atoms with Crippen LogP contribution in [0.2, 0.25) is 0 Å². The van der Waals surface area contributed by atoms with Crippen LogP contribution in [0.1, 0.15) is 13.8 Å². The Morgan fingerprint density at radius 3 is 2.10 bits per heavy atom. The molecule has 4 nitrogen and oxygen atoms in total. The lowest BCUT2D eigenvalue weighted by atomic mass is 10.3. The van der Waals surface area contributed by atoms with Crippen LogP contribution in [0.15, 0.2) is 0 Å². The van der Waals surface area contributed by atoms with Gasteiger partial charge in [-0.15, -0.1) is 12.6 Å². The maximum absolute atomic E-state index is 10.3. The van der Waals surface area contributed by atoms with Crippen LogP contribution in [0.5, 0.6) is 0 Å². The molecule has 0 bridgehead atoms. The summed E-state index contributed by atoms with van der Waals surface area (Å²) in [6.45, 7) is 2.53. The van der Waals surface area contributed by atoms with Gasteiger partial charge in [0.2, 0.25) is 5.91 Å². The third-order valence-electron chi connectivity index (χ3n) is 0.836. The minimum atomic E-state index is -1.47. The Kier molecular flexibility index (Phi) is 2.71.